The first-order valence-electron chi connectivity index (χ1n) is 11.0. The van der Waals surface area contributed by atoms with Crippen molar-refractivity contribution in [1.29, 1.82) is 0 Å². The van der Waals surface area contributed by atoms with Crippen LogP contribution in [0.15, 0.2) is 42.9 Å². The molecule has 0 bridgehead atoms. The molecule has 33 heavy (non-hydrogen) atoms. The van der Waals surface area contributed by atoms with Gasteiger partial charge in [0.1, 0.15) is 11.9 Å². The second kappa shape index (κ2) is 10.2. The largest absolute Gasteiger partial charge is 0.481 e. The predicted octanol–water partition coefficient (Wildman–Crippen LogP) is 4.59. The van der Waals surface area contributed by atoms with Gasteiger partial charge in [-0.05, 0) is 56.9 Å². The minimum absolute atomic E-state index is 0.245. The topological polar surface area (TPSA) is 127 Å². The number of nitrogens with one attached hydrogen (secondary N) is 1. The number of aliphatic carboxylic acids is 1. The maximum absolute atomic E-state index is 9.00. The molecule has 0 aliphatic heterocycles. The second-order valence-corrected chi connectivity index (χ2v) is 7.99. The van der Waals surface area contributed by atoms with Gasteiger partial charge in [-0.2, -0.15) is 0 Å². The Morgan fingerprint density at radius 2 is 1.67 bits per heavy atom. The van der Waals surface area contributed by atoms with Crippen molar-refractivity contribution in [2.45, 2.75) is 52.1 Å². The number of aromatic amines is 1. The van der Waals surface area contributed by atoms with Gasteiger partial charge in [0.2, 0.25) is 0 Å². The van der Waals surface area contributed by atoms with Crippen LogP contribution in [0, 0.1) is 6.92 Å². The normalized spacial score (nSPS) is 13.9. The van der Waals surface area contributed by atoms with Crippen molar-refractivity contribution >= 4 is 17.1 Å². The zero-order valence-corrected chi connectivity index (χ0v) is 18.7. The number of imidazole rings is 1. The Morgan fingerprint density at radius 3 is 2.33 bits per heavy atom. The van der Waals surface area contributed by atoms with Crippen molar-refractivity contribution in [3.05, 3.63) is 48.5 Å². The van der Waals surface area contributed by atoms with Crippen molar-refractivity contribution in [3.63, 3.8) is 0 Å². The number of nitrogens with zero attached hydrogens (tertiary/aromatic N) is 5. The molecule has 170 valence electrons. The molecule has 1 aliphatic rings. The molecule has 1 saturated carbocycles. The minimum atomic E-state index is -0.833. The molecule has 4 heterocycles. The van der Waals surface area contributed by atoms with E-state index in [1.807, 2.05) is 31.2 Å². The maximum Gasteiger partial charge on any atom is 0.316 e. The van der Waals surface area contributed by atoms with Crippen LogP contribution in [0.25, 0.3) is 33.8 Å². The number of carboxylic acid groups (broad SMARTS) is 1. The van der Waals surface area contributed by atoms with Gasteiger partial charge in [0.25, 0.3) is 5.97 Å². The monoisotopic (exact) mass is 446 g/mol. The highest BCUT2D eigenvalue weighted by molar-refractivity contribution is 5.76. The number of carbonyl (C=O) groups is 1. The first-order valence-corrected chi connectivity index (χ1v) is 11.0. The first-order chi connectivity index (χ1) is 16.0. The van der Waals surface area contributed by atoms with Gasteiger partial charge in [0.15, 0.2) is 5.65 Å². The van der Waals surface area contributed by atoms with Crippen molar-refractivity contribution in [2.75, 3.05) is 0 Å². The Hall–Kier alpha value is -3.88. The third kappa shape index (κ3) is 5.88. The molecule has 9 heteroatoms. The smallest absolute Gasteiger partial charge is 0.316 e. The summed E-state index contributed by atoms with van der Waals surface area (Å²) >= 11 is 0. The Kier molecular flexibility index (Phi) is 6.87. The number of hydrogen-bond acceptors (Lipinski definition) is 7. The van der Waals surface area contributed by atoms with E-state index in [4.69, 9.17) is 14.6 Å². The zero-order valence-electron chi connectivity index (χ0n) is 18.7. The van der Waals surface area contributed by atoms with Crippen molar-refractivity contribution in [1.82, 2.24) is 29.9 Å². The van der Waals surface area contributed by atoms with Gasteiger partial charge in [0, 0.05) is 42.3 Å². The first kappa shape index (κ1) is 22.3. The molecule has 2 N–H and O–H groups in total. The van der Waals surface area contributed by atoms with E-state index in [1.165, 1.54) is 19.3 Å². The number of ether oxygens (including phenoxy) is 1. The highest BCUT2D eigenvalue weighted by Gasteiger charge is 2.16. The summed E-state index contributed by atoms with van der Waals surface area (Å²) in [6.45, 7) is 3.04. The van der Waals surface area contributed by atoms with E-state index in [9.17, 15) is 0 Å². The van der Waals surface area contributed by atoms with Crippen molar-refractivity contribution in [2.24, 2.45) is 0 Å². The Bertz CT molecular complexity index is 1210. The lowest BCUT2D eigenvalue weighted by Gasteiger charge is -2.21. The van der Waals surface area contributed by atoms with Gasteiger partial charge in [-0.3, -0.25) is 9.78 Å². The number of hydrogen-bond donors (Lipinski definition) is 2. The number of fused-ring (bicyclic) bond motifs is 1. The van der Waals surface area contributed by atoms with Crippen molar-refractivity contribution < 1.29 is 14.6 Å². The molecular weight excluding hydrogens is 420 g/mol. The Morgan fingerprint density at radius 1 is 0.970 bits per heavy atom. The number of rotatable bonds is 4. The molecule has 0 amide bonds. The molecule has 0 radical (unpaired) electrons. The Balaban J connectivity index is 0.000000601. The molecule has 0 unspecified atom stereocenters. The molecule has 1 fully saturated rings. The highest BCUT2D eigenvalue weighted by atomic mass is 16.5. The van der Waals surface area contributed by atoms with Crippen LogP contribution in [0.5, 0.6) is 6.01 Å². The summed E-state index contributed by atoms with van der Waals surface area (Å²) in [5, 5.41) is 7.42. The highest BCUT2D eigenvalue weighted by Crippen LogP contribution is 2.24. The zero-order chi connectivity index (χ0) is 23.2. The van der Waals surface area contributed by atoms with E-state index in [0.29, 0.717) is 11.7 Å². The number of pyridine rings is 2. The quantitative estimate of drug-likeness (QED) is 0.466. The van der Waals surface area contributed by atoms with Gasteiger partial charge in [-0.25, -0.2) is 19.9 Å². The molecule has 9 nitrogen and oxygen atoms in total. The summed E-state index contributed by atoms with van der Waals surface area (Å²) < 4.78 is 5.90. The number of aryl methyl sites for hydroxylation is 1. The van der Waals surface area contributed by atoms with Crippen LogP contribution in [0.3, 0.4) is 0 Å². The molecule has 4 aromatic rings. The lowest BCUT2D eigenvalue weighted by Crippen LogP contribution is -2.20. The fraction of sp³-hybridized carbons (Fsp3) is 0.333. The SMILES string of the molecule is CC(=O)O.Cc1ccc2[nH]c(-c3ccc(-c4cnc(OC5CCCCC5)nc4)nc3)nc2n1. The minimum Gasteiger partial charge on any atom is -0.481 e. The molecule has 0 saturated heterocycles. The summed E-state index contributed by atoms with van der Waals surface area (Å²) in [4.78, 5) is 34.6. The third-order valence-electron chi connectivity index (χ3n) is 5.27. The number of carboxylic acids is 1. The van der Waals surface area contributed by atoms with Crippen LogP contribution in [-0.2, 0) is 4.79 Å². The standard InChI is InChI=1S/C22H22N6O.C2H4O2/c1-14-7-9-19-21(26-14)28-20(27-19)15-8-10-18(23-11-15)16-12-24-22(25-13-16)29-17-5-3-2-4-6-17;1-2(3)4/h7-13,17H,2-6H2,1H3,(H,26,27,28);1H3,(H,3,4). The summed E-state index contributed by atoms with van der Waals surface area (Å²) in [7, 11) is 0. The number of aromatic nitrogens is 6. The van der Waals surface area contributed by atoms with Gasteiger partial charge >= 0.3 is 6.01 Å². The van der Waals surface area contributed by atoms with Crippen LogP contribution >= 0.6 is 0 Å². The van der Waals surface area contributed by atoms with Gasteiger partial charge in [-0.1, -0.05) is 6.42 Å². The summed E-state index contributed by atoms with van der Waals surface area (Å²) in [6, 6.07) is 8.33. The third-order valence-corrected chi connectivity index (χ3v) is 5.27. The molecule has 5 rings (SSSR count). The summed E-state index contributed by atoms with van der Waals surface area (Å²) in [6.07, 6.45) is 11.5. The van der Waals surface area contributed by atoms with E-state index in [2.05, 4.69) is 29.9 Å². The lowest BCUT2D eigenvalue weighted by atomic mass is 9.98. The average Bonchev–Trinajstić information content (AvgIpc) is 3.23. The lowest BCUT2D eigenvalue weighted by molar-refractivity contribution is -0.134. The maximum atomic E-state index is 9.00. The van der Waals surface area contributed by atoms with Crippen LogP contribution < -0.4 is 4.74 Å². The van der Waals surface area contributed by atoms with E-state index < -0.39 is 5.97 Å². The number of H-pyrrole nitrogens is 1. The van der Waals surface area contributed by atoms with E-state index >= 15 is 0 Å². The van der Waals surface area contributed by atoms with Gasteiger partial charge in [-0.15, -0.1) is 0 Å². The molecule has 1 aliphatic carbocycles. The predicted molar refractivity (Wildman–Crippen MR) is 124 cm³/mol. The van der Waals surface area contributed by atoms with Crippen LogP contribution in [0.2, 0.25) is 0 Å². The molecule has 0 atom stereocenters. The summed E-state index contributed by atoms with van der Waals surface area (Å²) in [5.74, 6) is -0.0790. The summed E-state index contributed by atoms with van der Waals surface area (Å²) in [5.41, 5.74) is 5.14. The van der Waals surface area contributed by atoms with E-state index in [-0.39, 0.29) is 6.10 Å². The molecule has 0 aromatic carbocycles. The molecular formula is C24H26N6O3. The Labute approximate surface area is 191 Å². The fourth-order valence-electron chi connectivity index (χ4n) is 3.67. The van der Waals surface area contributed by atoms with Gasteiger partial charge in [0.05, 0.1) is 11.2 Å². The molecule has 0 spiro atoms. The van der Waals surface area contributed by atoms with Gasteiger partial charge < -0.3 is 14.8 Å². The molecule has 4 aromatic heterocycles. The van der Waals surface area contributed by atoms with E-state index in [0.717, 1.165) is 53.6 Å². The van der Waals surface area contributed by atoms with Crippen molar-refractivity contribution in [3.8, 4) is 28.7 Å². The average molecular weight is 447 g/mol. The fourth-order valence-corrected chi connectivity index (χ4v) is 3.67. The van der Waals surface area contributed by atoms with Crippen LogP contribution in [0.1, 0.15) is 44.7 Å². The van der Waals surface area contributed by atoms with Crippen LogP contribution in [0.4, 0.5) is 0 Å². The van der Waals surface area contributed by atoms with E-state index in [1.54, 1.807) is 18.6 Å². The second-order valence-electron chi connectivity index (χ2n) is 7.99. The van der Waals surface area contributed by atoms with Crippen LogP contribution in [-0.4, -0.2) is 47.1 Å².